The summed E-state index contributed by atoms with van der Waals surface area (Å²) in [5.41, 5.74) is 0. The first-order valence-electron chi connectivity index (χ1n) is 9.05. The van der Waals surface area contributed by atoms with Gasteiger partial charge in [0.2, 0.25) is 0 Å². The van der Waals surface area contributed by atoms with Crippen LogP contribution in [-0.2, 0) is 0 Å². The van der Waals surface area contributed by atoms with Gasteiger partial charge in [-0.2, -0.15) is 0 Å². The second kappa shape index (κ2) is 7.24. The zero-order valence-corrected chi connectivity index (χ0v) is 13.2. The number of piperidine rings is 1. The minimum Gasteiger partial charge on any atom is -0.314 e. The zero-order chi connectivity index (χ0) is 13.8. The fraction of sp³-hybridized carbons (Fsp3) is 1.00. The van der Waals surface area contributed by atoms with Gasteiger partial charge in [-0.25, -0.2) is 0 Å². The smallest absolute Gasteiger partial charge is 0.0169 e. The highest BCUT2D eigenvalue weighted by Gasteiger charge is 2.35. The molecule has 4 atom stereocenters. The molecule has 1 aliphatic carbocycles. The lowest BCUT2D eigenvalue weighted by molar-refractivity contribution is 0.196. The van der Waals surface area contributed by atoms with Gasteiger partial charge in [0, 0.05) is 24.7 Å². The van der Waals surface area contributed by atoms with Crippen molar-refractivity contribution < 1.29 is 0 Å². The van der Waals surface area contributed by atoms with Crippen LogP contribution in [0, 0.1) is 5.92 Å². The van der Waals surface area contributed by atoms with E-state index < -0.39 is 0 Å². The third kappa shape index (κ3) is 3.75. The van der Waals surface area contributed by atoms with Gasteiger partial charge in [-0.05, 0) is 71.0 Å². The van der Waals surface area contributed by atoms with Crippen LogP contribution in [0.2, 0.25) is 0 Å². The fourth-order valence-electron chi connectivity index (χ4n) is 4.70. The van der Waals surface area contributed by atoms with Gasteiger partial charge in [-0.3, -0.25) is 0 Å². The number of likely N-dealkylation sites (tertiary alicyclic amines) is 1. The lowest BCUT2D eigenvalue weighted by atomic mass is 9.92. The highest BCUT2D eigenvalue weighted by molar-refractivity contribution is 4.94. The molecule has 1 saturated carbocycles. The molecule has 0 aromatic rings. The minimum atomic E-state index is 0.653. The van der Waals surface area contributed by atoms with E-state index in [1.165, 1.54) is 77.5 Å². The van der Waals surface area contributed by atoms with Gasteiger partial charge in [0.15, 0.2) is 0 Å². The number of rotatable bonds is 5. The summed E-state index contributed by atoms with van der Waals surface area (Å²) in [6.07, 6.45) is 11.3. The molecule has 0 bridgehead atoms. The largest absolute Gasteiger partial charge is 0.314 e. The molecule has 3 aliphatic rings. The summed E-state index contributed by atoms with van der Waals surface area (Å²) in [7, 11) is 0. The summed E-state index contributed by atoms with van der Waals surface area (Å²) in [5, 5.41) is 7.70. The second-order valence-corrected chi connectivity index (χ2v) is 7.33. The number of hydrogen-bond acceptors (Lipinski definition) is 3. The monoisotopic (exact) mass is 279 g/mol. The summed E-state index contributed by atoms with van der Waals surface area (Å²) in [4.78, 5) is 2.67. The highest BCUT2D eigenvalue weighted by atomic mass is 15.2. The molecule has 116 valence electrons. The van der Waals surface area contributed by atoms with Gasteiger partial charge < -0.3 is 15.5 Å². The maximum absolute atomic E-state index is 3.97. The van der Waals surface area contributed by atoms with Crippen LogP contribution in [0.4, 0.5) is 0 Å². The van der Waals surface area contributed by atoms with E-state index in [2.05, 4.69) is 22.5 Å². The molecule has 2 saturated heterocycles. The van der Waals surface area contributed by atoms with Crippen molar-refractivity contribution in [2.45, 2.75) is 76.4 Å². The Balaban J connectivity index is 1.45. The molecule has 3 heteroatoms. The number of hydrogen-bond donors (Lipinski definition) is 2. The molecule has 20 heavy (non-hydrogen) atoms. The predicted molar refractivity (Wildman–Crippen MR) is 85.0 cm³/mol. The van der Waals surface area contributed by atoms with Crippen LogP contribution >= 0.6 is 0 Å². The first-order chi connectivity index (χ1) is 9.83. The Morgan fingerprint density at radius 1 is 1.05 bits per heavy atom. The van der Waals surface area contributed by atoms with Crippen molar-refractivity contribution in [3.63, 3.8) is 0 Å². The summed E-state index contributed by atoms with van der Waals surface area (Å²) >= 11 is 0. The first-order valence-corrected chi connectivity index (χ1v) is 9.05. The average Bonchev–Trinajstić information content (AvgIpc) is 3.10. The van der Waals surface area contributed by atoms with Crippen LogP contribution < -0.4 is 10.6 Å². The van der Waals surface area contributed by atoms with Gasteiger partial charge in [-0.15, -0.1) is 0 Å². The lowest BCUT2D eigenvalue weighted by Crippen LogP contribution is -2.49. The summed E-state index contributed by atoms with van der Waals surface area (Å²) in [6.45, 7) is 7.54. The van der Waals surface area contributed by atoms with Crippen LogP contribution in [0.5, 0.6) is 0 Å². The standard InChI is InChI=1S/C17H33N3/c1-14(13-20-11-3-2-4-12-20)19-17-8-5-7-15(17)16-9-6-10-18-16/h14-19H,2-13H2,1H3. The molecule has 3 fully saturated rings. The Hall–Kier alpha value is -0.120. The van der Waals surface area contributed by atoms with Crippen molar-refractivity contribution in [1.29, 1.82) is 0 Å². The minimum absolute atomic E-state index is 0.653. The Bertz CT molecular complexity index is 282. The van der Waals surface area contributed by atoms with Gasteiger partial charge in [0.05, 0.1) is 0 Å². The van der Waals surface area contributed by atoms with Crippen LogP contribution in [0.1, 0.15) is 58.3 Å². The van der Waals surface area contributed by atoms with Crippen molar-refractivity contribution in [1.82, 2.24) is 15.5 Å². The molecule has 4 unspecified atom stereocenters. The van der Waals surface area contributed by atoms with Crippen molar-refractivity contribution >= 4 is 0 Å². The van der Waals surface area contributed by atoms with E-state index in [1.807, 2.05) is 0 Å². The van der Waals surface area contributed by atoms with Crippen molar-refractivity contribution in [2.75, 3.05) is 26.2 Å². The maximum Gasteiger partial charge on any atom is 0.0169 e. The van der Waals surface area contributed by atoms with Gasteiger partial charge in [0.1, 0.15) is 0 Å². The van der Waals surface area contributed by atoms with Crippen LogP contribution in [-0.4, -0.2) is 49.2 Å². The predicted octanol–water partition coefficient (Wildman–Crippen LogP) is 2.37. The van der Waals surface area contributed by atoms with Crippen molar-refractivity contribution in [2.24, 2.45) is 5.92 Å². The molecule has 0 spiro atoms. The highest BCUT2D eigenvalue weighted by Crippen LogP contribution is 2.32. The molecule has 2 aliphatic heterocycles. The van der Waals surface area contributed by atoms with Gasteiger partial charge in [0.25, 0.3) is 0 Å². The van der Waals surface area contributed by atoms with Crippen molar-refractivity contribution in [3.8, 4) is 0 Å². The summed E-state index contributed by atoms with van der Waals surface area (Å²) in [5.74, 6) is 0.890. The summed E-state index contributed by atoms with van der Waals surface area (Å²) in [6, 6.07) is 2.22. The molecule has 2 N–H and O–H groups in total. The zero-order valence-electron chi connectivity index (χ0n) is 13.2. The fourth-order valence-corrected chi connectivity index (χ4v) is 4.70. The Kier molecular flexibility index (Phi) is 5.36. The van der Waals surface area contributed by atoms with E-state index in [9.17, 15) is 0 Å². The maximum atomic E-state index is 3.97. The third-order valence-corrected chi connectivity index (χ3v) is 5.66. The van der Waals surface area contributed by atoms with Gasteiger partial charge in [-0.1, -0.05) is 12.8 Å². The number of nitrogens with one attached hydrogen (secondary N) is 2. The molecule has 0 radical (unpaired) electrons. The molecule has 2 heterocycles. The van der Waals surface area contributed by atoms with Crippen LogP contribution in [0.3, 0.4) is 0 Å². The molecule has 3 rings (SSSR count). The Morgan fingerprint density at radius 2 is 1.90 bits per heavy atom. The molecule has 0 aromatic heterocycles. The topological polar surface area (TPSA) is 27.3 Å². The third-order valence-electron chi connectivity index (χ3n) is 5.66. The Morgan fingerprint density at radius 3 is 2.65 bits per heavy atom. The Labute approximate surface area is 124 Å². The molecule has 0 amide bonds. The van der Waals surface area contributed by atoms with Crippen LogP contribution in [0.15, 0.2) is 0 Å². The lowest BCUT2D eigenvalue weighted by Gasteiger charge is -2.33. The molecule has 3 nitrogen and oxygen atoms in total. The van der Waals surface area contributed by atoms with Crippen LogP contribution in [0.25, 0.3) is 0 Å². The van der Waals surface area contributed by atoms with Gasteiger partial charge >= 0.3 is 0 Å². The SMILES string of the molecule is CC(CN1CCCCC1)NC1CCCC1C1CCCN1. The van der Waals surface area contributed by atoms with E-state index in [-0.39, 0.29) is 0 Å². The number of nitrogens with zero attached hydrogens (tertiary/aromatic N) is 1. The molecule has 0 aromatic carbocycles. The van der Waals surface area contributed by atoms with E-state index in [4.69, 9.17) is 0 Å². The van der Waals surface area contributed by atoms with E-state index in [0.29, 0.717) is 6.04 Å². The molecular formula is C17H33N3. The average molecular weight is 279 g/mol. The quantitative estimate of drug-likeness (QED) is 0.809. The van der Waals surface area contributed by atoms with E-state index in [1.54, 1.807) is 0 Å². The first kappa shape index (κ1) is 14.8. The summed E-state index contributed by atoms with van der Waals surface area (Å²) < 4.78 is 0. The van der Waals surface area contributed by atoms with E-state index >= 15 is 0 Å². The van der Waals surface area contributed by atoms with E-state index in [0.717, 1.165) is 18.0 Å². The van der Waals surface area contributed by atoms with Crippen molar-refractivity contribution in [3.05, 3.63) is 0 Å². The molecular weight excluding hydrogens is 246 g/mol. The second-order valence-electron chi connectivity index (χ2n) is 7.33. The normalized spacial score (nSPS) is 37.4.